The van der Waals surface area contributed by atoms with Gasteiger partial charge in [0.25, 0.3) is 0 Å². The first-order valence-corrected chi connectivity index (χ1v) is 14.1. The molecule has 2 aromatic carbocycles. The highest BCUT2D eigenvalue weighted by atomic mass is 32.2. The lowest BCUT2D eigenvalue weighted by Crippen LogP contribution is -2.49. The van der Waals surface area contributed by atoms with Crippen LogP contribution < -0.4 is 0 Å². The van der Waals surface area contributed by atoms with Crippen LogP contribution in [-0.2, 0) is 27.4 Å². The standard InChI is InChI=1S/C26H26F4N2O3S2/c1-3-17(2)32(37(34,35)21-6-4-5-19(15-21)26(28,29)30)16-24(33)31-13-11-23-22(12-14-36-23)25(31)18-7-9-20(27)10-8-18/h4-10,12,14-15,17,25H,3,11,13,16H2,1-2H3. The number of nitrogens with zero attached hydrogens (tertiary/aromatic N) is 2. The summed E-state index contributed by atoms with van der Waals surface area (Å²) in [5.41, 5.74) is 0.498. The number of benzene rings is 2. The fraction of sp³-hybridized carbons (Fsp3) is 0.346. The van der Waals surface area contributed by atoms with Crippen molar-refractivity contribution in [2.75, 3.05) is 13.1 Å². The Morgan fingerprint density at radius 1 is 1.16 bits per heavy atom. The number of halogens is 4. The van der Waals surface area contributed by atoms with E-state index in [1.54, 1.807) is 42.2 Å². The minimum absolute atomic E-state index is 0.326. The van der Waals surface area contributed by atoms with Crippen LogP contribution in [0.4, 0.5) is 17.6 Å². The number of thiophene rings is 1. The Hall–Kier alpha value is -2.76. The maximum absolute atomic E-state index is 13.7. The van der Waals surface area contributed by atoms with Crippen LogP contribution in [0, 0.1) is 5.82 Å². The molecule has 5 nitrogen and oxygen atoms in total. The van der Waals surface area contributed by atoms with Gasteiger partial charge in [0.2, 0.25) is 15.9 Å². The average molecular weight is 555 g/mol. The second-order valence-electron chi connectivity index (χ2n) is 8.92. The smallest absolute Gasteiger partial charge is 0.330 e. The van der Waals surface area contributed by atoms with Gasteiger partial charge < -0.3 is 4.90 Å². The van der Waals surface area contributed by atoms with Gasteiger partial charge in [-0.15, -0.1) is 11.3 Å². The molecule has 1 aromatic heterocycles. The summed E-state index contributed by atoms with van der Waals surface area (Å²) < 4.78 is 81.4. The summed E-state index contributed by atoms with van der Waals surface area (Å²) in [7, 11) is -4.43. The Bertz CT molecular complexity index is 1370. The molecular weight excluding hydrogens is 528 g/mol. The Labute approximate surface area is 217 Å². The largest absolute Gasteiger partial charge is 0.416 e. The normalized spacial score (nSPS) is 17.1. The minimum Gasteiger partial charge on any atom is -0.330 e. The number of fused-ring (bicyclic) bond motifs is 1. The third-order valence-corrected chi connectivity index (χ3v) is 9.57. The molecule has 198 valence electrons. The Balaban J connectivity index is 1.69. The average Bonchev–Trinajstić information content (AvgIpc) is 3.35. The zero-order chi connectivity index (χ0) is 27.0. The maximum Gasteiger partial charge on any atom is 0.416 e. The molecule has 37 heavy (non-hydrogen) atoms. The van der Waals surface area contributed by atoms with Crippen LogP contribution in [0.2, 0.25) is 0 Å². The van der Waals surface area contributed by atoms with E-state index >= 15 is 0 Å². The number of sulfonamides is 1. The van der Waals surface area contributed by atoms with Crippen LogP contribution in [-0.4, -0.2) is 42.7 Å². The van der Waals surface area contributed by atoms with Gasteiger partial charge in [0.05, 0.1) is 23.0 Å². The Kier molecular flexibility index (Phi) is 7.77. The number of carbonyl (C=O) groups is 1. The van der Waals surface area contributed by atoms with Gasteiger partial charge in [0, 0.05) is 17.5 Å². The zero-order valence-electron chi connectivity index (χ0n) is 20.2. The van der Waals surface area contributed by atoms with Crippen molar-refractivity contribution in [1.82, 2.24) is 9.21 Å². The van der Waals surface area contributed by atoms with Crippen molar-refractivity contribution in [3.63, 3.8) is 0 Å². The molecule has 0 spiro atoms. The van der Waals surface area contributed by atoms with Crippen molar-refractivity contribution in [1.29, 1.82) is 0 Å². The van der Waals surface area contributed by atoms with Gasteiger partial charge in [0.1, 0.15) is 5.82 Å². The number of rotatable bonds is 7. The molecule has 0 saturated heterocycles. The molecule has 1 amide bonds. The molecule has 0 N–H and O–H groups in total. The van der Waals surface area contributed by atoms with E-state index in [0.717, 1.165) is 32.9 Å². The highest BCUT2D eigenvalue weighted by Crippen LogP contribution is 2.38. The van der Waals surface area contributed by atoms with Crippen LogP contribution in [0.1, 0.15) is 47.9 Å². The van der Waals surface area contributed by atoms with E-state index in [1.165, 1.54) is 12.1 Å². The summed E-state index contributed by atoms with van der Waals surface area (Å²) in [4.78, 5) is 15.8. The lowest BCUT2D eigenvalue weighted by atomic mass is 9.93. The molecule has 0 radical (unpaired) electrons. The summed E-state index contributed by atoms with van der Waals surface area (Å²) in [6.07, 6.45) is -3.78. The molecule has 11 heteroatoms. The minimum atomic E-state index is -4.71. The molecule has 0 bridgehead atoms. The molecule has 2 heterocycles. The van der Waals surface area contributed by atoms with Gasteiger partial charge >= 0.3 is 6.18 Å². The van der Waals surface area contributed by atoms with Crippen molar-refractivity contribution in [3.05, 3.63) is 87.4 Å². The van der Waals surface area contributed by atoms with Gasteiger partial charge in [0.15, 0.2) is 0 Å². The monoisotopic (exact) mass is 554 g/mol. The van der Waals surface area contributed by atoms with Crippen molar-refractivity contribution in [2.24, 2.45) is 0 Å². The van der Waals surface area contributed by atoms with Gasteiger partial charge in [-0.3, -0.25) is 4.79 Å². The Morgan fingerprint density at radius 3 is 2.51 bits per heavy atom. The van der Waals surface area contributed by atoms with E-state index < -0.39 is 57.0 Å². The first-order chi connectivity index (χ1) is 17.4. The van der Waals surface area contributed by atoms with E-state index in [2.05, 4.69) is 0 Å². The van der Waals surface area contributed by atoms with E-state index in [0.29, 0.717) is 31.0 Å². The van der Waals surface area contributed by atoms with E-state index in [1.807, 2.05) is 11.4 Å². The summed E-state index contributed by atoms with van der Waals surface area (Å²) in [5, 5.41) is 1.92. The molecular formula is C26H26F4N2O3S2. The fourth-order valence-corrected chi connectivity index (χ4v) is 7.07. The Morgan fingerprint density at radius 2 is 1.86 bits per heavy atom. The third-order valence-electron chi connectivity index (χ3n) is 6.61. The van der Waals surface area contributed by atoms with Crippen molar-refractivity contribution in [2.45, 2.75) is 49.8 Å². The maximum atomic E-state index is 13.7. The first kappa shape index (κ1) is 27.3. The van der Waals surface area contributed by atoms with Crippen LogP contribution in [0.3, 0.4) is 0 Å². The molecule has 1 aliphatic rings. The van der Waals surface area contributed by atoms with E-state index in [4.69, 9.17) is 0 Å². The number of carbonyl (C=O) groups excluding carboxylic acids is 1. The summed E-state index contributed by atoms with van der Waals surface area (Å²) in [5.74, 6) is -0.903. The summed E-state index contributed by atoms with van der Waals surface area (Å²) in [6, 6.07) is 10.1. The third kappa shape index (κ3) is 5.58. The van der Waals surface area contributed by atoms with Gasteiger partial charge in [-0.2, -0.15) is 17.5 Å². The van der Waals surface area contributed by atoms with E-state index in [9.17, 15) is 30.8 Å². The van der Waals surface area contributed by atoms with Gasteiger partial charge in [-0.25, -0.2) is 12.8 Å². The van der Waals surface area contributed by atoms with Crippen LogP contribution >= 0.6 is 11.3 Å². The first-order valence-electron chi connectivity index (χ1n) is 11.7. The molecule has 0 aliphatic carbocycles. The molecule has 1 aliphatic heterocycles. The molecule has 4 rings (SSSR count). The molecule has 2 unspecified atom stereocenters. The fourth-order valence-electron chi connectivity index (χ4n) is 4.46. The van der Waals surface area contributed by atoms with Gasteiger partial charge in [-0.1, -0.05) is 25.1 Å². The highest BCUT2D eigenvalue weighted by molar-refractivity contribution is 7.89. The zero-order valence-corrected chi connectivity index (χ0v) is 21.8. The van der Waals surface area contributed by atoms with Crippen molar-refractivity contribution >= 4 is 27.3 Å². The molecule has 2 atom stereocenters. The highest BCUT2D eigenvalue weighted by Gasteiger charge is 2.38. The topological polar surface area (TPSA) is 57.7 Å². The SMILES string of the molecule is CCC(C)N(CC(=O)N1CCc2sccc2C1c1ccc(F)cc1)S(=O)(=O)c1cccc(C(F)(F)F)c1. The second kappa shape index (κ2) is 10.5. The number of hydrogen-bond donors (Lipinski definition) is 0. The summed E-state index contributed by atoms with van der Waals surface area (Å²) in [6.45, 7) is 3.14. The van der Waals surface area contributed by atoms with Gasteiger partial charge in [-0.05, 0) is 72.7 Å². The second-order valence-corrected chi connectivity index (χ2v) is 11.8. The lowest BCUT2D eigenvalue weighted by molar-refractivity contribution is -0.138. The summed E-state index contributed by atoms with van der Waals surface area (Å²) >= 11 is 1.56. The predicted octanol–water partition coefficient (Wildman–Crippen LogP) is 5.87. The van der Waals surface area contributed by atoms with Crippen LogP contribution in [0.15, 0.2) is 64.9 Å². The van der Waals surface area contributed by atoms with E-state index in [-0.39, 0.29) is 0 Å². The lowest BCUT2D eigenvalue weighted by Gasteiger charge is -2.38. The molecule has 0 fully saturated rings. The molecule has 0 saturated carbocycles. The van der Waals surface area contributed by atoms with Crippen molar-refractivity contribution < 1.29 is 30.8 Å². The number of alkyl halides is 3. The predicted molar refractivity (Wildman–Crippen MR) is 133 cm³/mol. The number of hydrogen-bond acceptors (Lipinski definition) is 4. The molecule has 3 aromatic rings. The van der Waals surface area contributed by atoms with Crippen LogP contribution in [0.25, 0.3) is 0 Å². The number of amides is 1. The quantitative estimate of drug-likeness (QED) is 0.344. The van der Waals surface area contributed by atoms with Crippen molar-refractivity contribution in [3.8, 4) is 0 Å². The van der Waals surface area contributed by atoms with Crippen LogP contribution in [0.5, 0.6) is 0 Å².